The van der Waals surface area contributed by atoms with Crippen molar-refractivity contribution in [1.29, 1.82) is 0 Å². The first-order chi connectivity index (χ1) is 9.54. The summed E-state index contributed by atoms with van der Waals surface area (Å²) < 4.78 is 4.74. The van der Waals surface area contributed by atoms with Crippen molar-refractivity contribution in [2.45, 2.75) is 24.9 Å². The van der Waals surface area contributed by atoms with E-state index >= 15 is 0 Å². The van der Waals surface area contributed by atoms with Gasteiger partial charge in [-0.1, -0.05) is 30.3 Å². The predicted octanol–water partition coefficient (Wildman–Crippen LogP) is 0.682. The number of carboxylic acids is 1. The third-order valence-electron chi connectivity index (χ3n) is 2.88. The Hall–Kier alpha value is -1.92. The number of benzene rings is 1. The average Bonchev–Trinajstić information content (AvgIpc) is 2.45. The molecule has 0 saturated heterocycles. The summed E-state index contributed by atoms with van der Waals surface area (Å²) in [6.07, 6.45) is 0.624. The number of hydrogen-bond donors (Lipinski definition) is 3. The van der Waals surface area contributed by atoms with Gasteiger partial charge in [0.15, 0.2) is 6.04 Å². The molecule has 1 aromatic carbocycles. The summed E-state index contributed by atoms with van der Waals surface area (Å²) in [6.45, 7) is -0.0637. The molecule has 110 valence electrons. The minimum Gasteiger partial charge on any atom is -0.480 e. The Morgan fingerprint density at radius 2 is 2.00 bits per heavy atom. The lowest BCUT2D eigenvalue weighted by Gasteiger charge is -2.15. The van der Waals surface area contributed by atoms with E-state index in [1.165, 1.54) is 7.11 Å². The fourth-order valence-electron chi connectivity index (χ4n) is 1.76. The van der Waals surface area contributed by atoms with E-state index in [2.05, 4.69) is 5.32 Å². The van der Waals surface area contributed by atoms with E-state index in [1.807, 2.05) is 30.3 Å². The smallest absolute Gasteiger partial charge is 0.328 e. The molecule has 2 atom stereocenters. The van der Waals surface area contributed by atoms with Crippen LogP contribution in [0, 0.1) is 0 Å². The van der Waals surface area contributed by atoms with Gasteiger partial charge in [-0.3, -0.25) is 4.79 Å². The Morgan fingerprint density at radius 1 is 1.35 bits per heavy atom. The van der Waals surface area contributed by atoms with E-state index in [4.69, 9.17) is 15.6 Å². The van der Waals surface area contributed by atoms with Crippen LogP contribution in [0.3, 0.4) is 0 Å². The standard InChI is InChI=1S/C14H20N2O4/c1-20-9-12(14(18)19)16-13(17)8-7-11(15)10-5-3-2-4-6-10/h2-6,11-12H,7-9,15H2,1H3,(H,16,17)(H,18,19). The number of ether oxygens (including phenoxy) is 1. The van der Waals surface area contributed by atoms with Crippen LogP contribution in [0.5, 0.6) is 0 Å². The highest BCUT2D eigenvalue weighted by Gasteiger charge is 2.19. The van der Waals surface area contributed by atoms with Gasteiger partial charge in [0.1, 0.15) is 0 Å². The van der Waals surface area contributed by atoms with E-state index in [0.29, 0.717) is 6.42 Å². The zero-order chi connectivity index (χ0) is 15.0. The van der Waals surface area contributed by atoms with E-state index < -0.39 is 12.0 Å². The average molecular weight is 280 g/mol. The van der Waals surface area contributed by atoms with Gasteiger partial charge in [-0.05, 0) is 12.0 Å². The molecule has 0 bridgehead atoms. The molecule has 0 spiro atoms. The molecule has 20 heavy (non-hydrogen) atoms. The Kier molecular flexibility index (Phi) is 6.69. The summed E-state index contributed by atoms with van der Waals surface area (Å²) in [5, 5.41) is 11.3. The van der Waals surface area contributed by atoms with E-state index in [1.54, 1.807) is 0 Å². The maximum absolute atomic E-state index is 11.7. The third-order valence-corrected chi connectivity index (χ3v) is 2.88. The molecule has 1 rings (SSSR count). The fourth-order valence-corrected chi connectivity index (χ4v) is 1.76. The largest absolute Gasteiger partial charge is 0.480 e. The van der Waals surface area contributed by atoms with Crippen molar-refractivity contribution in [3.8, 4) is 0 Å². The van der Waals surface area contributed by atoms with Crippen molar-refractivity contribution in [2.24, 2.45) is 5.73 Å². The van der Waals surface area contributed by atoms with Crippen molar-refractivity contribution in [1.82, 2.24) is 5.32 Å². The van der Waals surface area contributed by atoms with Crippen molar-refractivity contribution in [3.63, 3.8) is 0 Å². The number of aliphatic carboxylic acids is 1. The summed E-state index contributed by atoms with van der Waals surface area (Å²) in [5.41, 5.74) is 6.92. The second-order valence-electron chi connectivity index (χ2n) is 4.47. The lowest BCUT2D eigenvalue weighted by atomic mass is 10.0. The van der Waals surface area contributed by atoms with Crippen LogP contribution in [0.2, 0.25) is 0 Å². The maximum atomic E-state index is 11.7. The van der Waals surface area contributed by atoms with Gasteiger partial charge in [0.2, 0.25) is 5.91 Å². The molecule has 2 unspecified atom stereocenters. The molecule has 0 aliphatic carbocycles. The van der Waals surface area contributed by atoms with Crippen LogP contribution in [0.1, 0.15) is 24.4 Å². The van der Waals surface area contributed by atoms with Crippen molar-refractivity contribution in [3.05, 3.63) is 35.9 Å². The Labute approximate surface area is 117 Å². The molecule has 6 heteroatoms. The van der Waals surface area contributed by atoms with Crippen molar-refractivity contribution in [2.75, 3.05) is 13.7 Å². The van der Waals surface area contributed by atoms with Gasteiger partial charge in [0, 0.05) is 19.6 Å². The molecule has 0 heterocycles. The van der Waals surface area contributed by atoms with Gasteiger partial charge in [-0.15, -0.1) is 0 Å². The summed E-state index contributed by atoms with van der Waals surface area (Å²) >= 11 is 0. The molecule has 0 fully saturated rings. The topological polar surface area (TPSA) is 102 Å². The lowest BCUT2D eigenvalue weighted by Crippen LogP contribution is -2.43. The molecule has 0 saturated carbocycles. The molecule has 0 radical (unpaired) electrons. The number of carbonyl (C=O) groups excluding carboxylic acids is 1. The number of nitrogens with two attached hydrogens (primary N) is 1. The van der Waals surface area contributed by atoms with Crippen LogP contribution < -0.4 is 11.1 Å². The first-order valence-corrected chi connectivity index (χ1v) is 6.36. The first kappa shape index (κ1) is 16.1. The number of nitrogens with one attached hydrogen (secondary N) is 1. The van der Waals surface area contributed by atoms with Gasteiger partial charge >= 0.3 is 5.97 Å². The second kappa shape index (κ2) is 8.29. The van der Waals surface area contributed by atoms with Crippen LogP contribution in [0.4, 0.5) is 0 Å². The monoisotopic (exact) mass is 280 g/mol. The Morgan fingerprint density at radius 3 is 2.55 bits per heavy atom. The maximum Gasteiger partial charge on any atom is 0.328 e. The van der Waals surface area contributed by atoms with Crippen molar-refractivity contribution >= 4 is 11.9 Å². The highest BCUT2D eigenvalue weighted by molar-refractivity contribution is 5.83. The number of methoxy groups -OCH3 is 1. The highest BCUT2D eigenvalue weighted by Crippen LogP contribution is 2.14. The summed E-state index contributed by atoms with van der Waals surface area (Å²) in [7, 11) is 1.38. The zero-order valence-electron chi connectivity index (χ0n) is 11.4. The molecule has 0 aliphatic rings. The van der Waals surface area contributed by atoms with E-state index in [9.17, 15) is 9.59 Å². The van der Waals surface area contributed by atoms with Gasteiger partial charge < -0.3 is 20.9 Å². The number of hydrogen-bond acceptors (Lipinski definition) is 4. The van der Waals surface area contributed by atoms with Crippen molar-refractivity contribution < 1.29 is 19.4 Å². The quantitative estimate of drug-likeness (QED) is 0.650. The van der Waals surface area contributed by atoms with E-state index in [-0.39, 0.29) is 25.0 Å². The van der Waals surface area contributed by atoms with Gasteiger partial charge in [-0.25, -0.2) is 4.79 Å². The molecule has 0 aromatic heterocycles. The predicted molar refractivity (Wildman–Crippen MR) is 74.0 cm³/mol. The minimum atomic E-state index is -1.12. The van der Waals surface area contributed by atoms with Crippen LogP contribution in [-0.4, -0.2) is 36.7 Å². The van der Waals surface area contributed by atoms with Crippen LogP contribution >= 0.6 is 0 Å². The lowest BCUT2D eigenvalue weighted by molar-refractivity contribution is -0.143. The Bertz CT molecular complexity index is 436. The molecule has 6 nitrogen and oxygen atoms in total. The summed E-state index contributed by atoms with van der Waals surface area (Å²) in [5.74, 6) is -1.46. The van der Waals surface area contributed by atoms with E-state index in [0.717, 1.165) is 5.56 Å². The number of carboxylic acid groups (broad SMARTS) is 1. The number of amides is 1. The zero-order valence-corrected chi connectivity index (χ0v) is 11.4. The third kappa shape index (κ3) is 5.38. The fraction of sp³-hybridized carbons (Fsp3) is 0.429. The number of carbonyl (C=O) groups is 2. The van der Waals surface area contributed by atoms with Gasteiger partial charge in [-0.2, -0.15) is 0 Å². The van der Waals surface area contributed by atoms with Crippen LogP contribution in [0.15, 0.2) is 30.3 Å². The van der Waals surface area contributed by atoms with Crippen LogP contribution in [0.25, 0.3) is 0 Å². The molecular weight excluding hydrogens is 260 g/mol. The summed E-state index contributed by atoms with van der Waals surface area (Å²) in [4.78, 5) is 22.5. The molecule has 1 aromatic rings. The molecule has 0 aliphatic heterocycles. The SMILES string of the molecule is COCC(NC(=O)CCC(N)c1ccccc1)C(=O)O. The van der Waals surface area contributed by atoms with Gasteiger partial charge in [0.05, 0.1) is 6.61 Å². The molecule has 4 N–H and O–H groups in total. The first-order valence-electron chi connectivity index (χ1n) is 6.36. The highest BCUT2D eigenvalue weighted by atomic mass is 16.5. The Balaban J connectivity index is 2.41. The molecule has 1 amide bonds. The minimum absolute atomic E-state index is 0.0637. The number of rotatable bonds is 8. The normalized spacial score (nSPS) is 13.5. The van der Waals surface area contributed by atoms with Crippen LogP contribution in [-0.2, 0) is 14.3 Å². The second-order valence-corrected chi connectivity index (χ2v) is 4.47. The molecular formula is C14H20N2O4. The summed E-state index contributed by atoms with van der Waals surface area (Å²) in [6, 6.07) is 8.18. The van der Waals surface area contributed by atoms with Gasteiger partial charge in [0.25, 0.3) is 0 Å².